The van der Waals surface area contributed by atoms with E-state index in [4.69, 9.17) is 18.9 Å². The predicted molar refractivity (Wildman–Crippen MR) is 116 cm³/mol. The number of carbonyl (C=O) groups is 1. The van der Waals surface area contributed by atoms with Crippen LogP contribution >= 0.6 is 0 Å². The summed E-state index contributed by atoms with van der Waals surface area (Å²) in [6.45, 7) is 1.87. The Morgan fingerprint density at radius 1 is 1.12 bits per heavy atom. The molecule has 0 aliphatic carbocycles. The number of benzene rings is 2. The molecule has 1 aliphatic rings. The molecule has 162 valence electrons. The highest BCUT2D eigenvalue weighted by Gasteiger charge is 2.19. The molecule has 0 spiro atoms. The van der Waals surface area contributed by atoms with Crippen LogP contribution in [-0.4, -0.2) is 40.5 Å². The number of anilines is 1. The van der Waals surface area contributed by atoms with Crippen molar-refractivity contribution in [3.63, 3.8) is 0 Å². The van der Waals surface area contributed by atoms with Gasteiger partial charge in [0.15, 0.2) is 23.3 Å². The first-order valence-electron chi connectivity index (χ1n) is 9.97. The molecule has 2 aromatic carbocycles. The molecule has 0 saturated carbocycles. The number of nitrogens with one attached hydrogen (secondary N) is 1. The van der Waals surface area contributed by atoms with Gasteiger partial charge < -0.3 is 24.3 Å². The molecule has 5 rings (SSSR count). The fourth-order valence-electron chi connectivity index (χ4n) is 3.32. The van der Waals surface area contributed by atoms with Crippen molar-refractivity contribution in [2.45, 2.75) is 13.0 Å². The molecule has 1 atom stereocenters. The van der Waals surface area contributed by atoms with Gasteiger partial charge in [-0.05, 0) is 37.3 Å². The molecular weight excluding hydrogens is 412 g/mol. The highest BCUT2D eigenvalue weighted by atomic mass is 16.7. The van der Waals surface area contributed by atoms with Crippen LogP contribution in [0.15, 0.2) is 60.8 Å². The van der Waals surface area contributed by atoms with Gasteiger partial charge in [0.05, 0.1) is 19.0 Å². The number of aromatic nitrogens is 3. The second-order valence-electron chi connectivity index (χ2n) is 7.15. The first kappa shape index (κ1) is 19.7. The lowest BCUT2D eigenvalue weighted by molar-refractivity contribution is -0.122. The summed E-state index contributed by atoms with van der Waals surface area (Å²) in [6.07, 6.45) is 1.09. The summed E-state index contributed by atoms with van der Waals surface area (Å²) in [6, 6.07) is 16.2. The molecule has 9 heteroatoms. The fourth-order valence-corrected chi connectivity index (χ4v) is 3.32. The van der Waals surface area contributed by atoms with Crippen LogP contribution in [0.5, 0.6) is 23.1 Å². The number of nitrogens with zero attached hydrogens (tertiary/aromatic N) is 3. The standard InChI is InChI=1S/C23H20N4O5/c1-14(32-17-6-7-19-20(11-17)31-13-30-19)23(28)24-16-5-3-4-15(10-16)18-12-27-21(25-18)8-9-22(26-27)29-2/h3-12,14H,13H2,1-2H3,(H,24,28). The number of ether oxygens (including phenoxy) is 4. The third kappa shape index (κ3) is 3.87. The number of amides is 1. The van der Waals surface area contributed by atoms with Gasteiger partial charge in [-0.3, -0.25) is 4.79 Å². The van der Waals surface area contributed by atoms with Gasteiger partial charge in [0.1, 0.15) is 5.75 Å². The summed E-state index contributed by atoms with van der Waals surface area (Å²) in [7, 11) is 1.56. The molecule has 1 amide bonds. The van der Waals surface area contributed by atoms with Crippen molar-refractivity contribution < 1.29 is 23.7 Å². The maximum atomic E-state index is 12.7. The van der Waals surface area contributed by atoms with E-state index in [1.165, 1.54) is 0 Å². The highest BCUT2D eigenvalue weighted by Crippen LogP contribution is 2.35. The highest BCUT2D eigenvalue weighted by molar-refractivity contribution is 5.94. The van der Waals surface area contributed by atoms with E-state index < -0.39 is 6.10 Å². The SMILES string of the molecule is COc1ccc2nc(-c3cccc(NC(=O)C(C)Oc4ccc5c(c4)OCO5)c3)cn2n1. The number of carbonyl (C=O) groups excluding carboxylic acids is 1. The Kier molecular flexibility index (Phi) is 4.98. The van der Waals surface area contributed by atoms with E-state index in [1.807, 2.05) is 36.5 Å². The van der Waals surface area contributed by atoms with Gasteiger partial charge >= 0.3 is 0 Å². The summed E-state index contributed by atoms with van der Waals surface area (Å²) in [5.74, 6) is 2.01. The summed E-state index contributed by atoms with van der Waals surface area (Å²) < 4.78 is 23.2. The maximum absolute atomic E-state index is 12.7. The van der Waals surface area contributed by atoms with Crippen LogP contribution in [0.25, 0.3) is 16.9 Å². The van der Waals surface area contributed by atoms with Gasteiger partial charge in [-0.25, -0.2) is 9.50 Å². The molecule has 1 unspecified atom stereocenters. The summed E-state index contributed by atoms with van der Waals surface area (Å²) in [4.78, 5) is 17.3. The summed E-state index contributed by atoms with van der Waals surface area (Å²) in [5, 5.41) is 7.21. The lowest BCUT2D eigenvalue weighted by Crippen LogP contribution is -2.30. The molecule has 4 aromatic rings. The normalized spacial score (nSPS) is 13.1. The molecular formula is C23H20N4O5. The van der Waals surface area contributed by atoms with Crippen LogP contribution in [0, 0.1) is 0 Å². The Bertz CT molecular complexity index is 1300. The van der Waals surface area contributed by atoms with Crippen molar-refractivity contribution in [3.8, 4) is 34.4 Å². The van der Waals surface area contributed by atoms with Crippen LogP contribution in [0.2, 0.25) is 0 Å². The maximum Gasteiger partial charge on any atom is 0.265 e. The van der Waals surface area contributed by atoms with Gasteiger partial charge in [-0.15, -0.1) is 5.10 Å². The van der Waals surface area contributed by atoms with E-state index in [0.29, 0.717) is 34.5 Å². The van der Waals surface area contributed by atoms with Gasteiger partial charge in [-0.1, -0.05) is 12.1 Å². The van der Waals surface area contributed by atoms with E-state index in [9.17, 15) is 4.79 Å². The Morgan fingerprint density at radius 2 is 2.00 bits per heavy atom. The quantitative estimate of drug-likeness (QED) is 0.498. The molecule has 1 aliphatic heterocycles. The summed E-state index contributed by atoms with van der Waals surface area (Å²) >= 11 is 0. The van der Waals surface area contributed by atoms with Crippen molar-refractivity contribution in [1.82, 2.24) is 14.6 Å². The molecule has 2 aromatic heterocycles. The molecule has 0 bridgehead atoms. The van der Waals surface area contributed by atoms with Crippen molar-refractivity contribution >= 4 is 17.2 Å². The monoisotopic (exact) mass is 432 g/mol. The number of rotatable bonds is 6. The van der Waals surface area contributed by atoms with Crippen molar-refractivity contribution in [2.75, 3.05) is 19.2 Å². The van der Waals surface area contributed by atoms with Crippen LogP contribution in [0.4, 0.5) is 5.69 Å². The van der Waals surface area contributed by atoms with E-state index >= 15 is 0 Å². The van der Waals surface area contributed by atoms with E-state index in [1.54, 1.807) is 42.8 Å². The molecule has 1 N–H and O–H groups in total. The minimum Gasteiger partial charge on any atom is -0.481 e. The van der Waals surface area contributed by atoms with Crippen molar-refractivity contribution in [3.05, 3.63) is 60.8 Å². The first-order valence-corrected chi connectivity index (χ1v) is 9.97. The average Bonchev–Trinajstić information content (AvgIpc) is 3.45. The van der Waals surface area contributed by atoms with Crippen LogP contribution in [0.3, 0.4) is 0 Å². The predicted octanol–water partition coefficient (Wildman–Crippen LogP) is 3.54. The van der Waals surface area contributed by atoms with Gasteiger partial charge in [-0.2, -0.15) is 0 Å². The van der Waals surface area contributed by atoms with E-state index in [-0.39, 0.29) is 12.7 Å². The fraction of sp³-hybridized carbons (Fsp3) is 0.174. The average molecular weight is 432 g/mol. The zero-order valence-corrected chi connectivity index (χ0v) is 17.4. The molecule has 32 heavy (non-hydrogen) atoms. The Labute approximate surface area is 183 Å². The number of imidazole rings is 1. The lowest BCUT2D eigenvalue weighted by Gasteiger charge is -2.15. The van der Waals surface area contributed by atoms with Crippen LogP contribution in [-0.2, 0) is 4.79 Å². The largest absolute Gasteiger partial charge is 0.481 e. The second kappa shape index (κ2) is 8.10. The Morgan fingerprint density at radius 3 is 2.88 bits per heavy atom. The number of fused-ring (bicyclic) bond motifs is 2. The zero-order chi connectivity index (χ0) is 22.1. The van der Waals surface area contributed by atoms with Gasteiger partial charge in [0, 0.05) is 23.4 Å². The number of hydrogen-bond acceptors (Lipinski definition) is 7. The van der Waals surface area contributed by atoms with Crippen LogP contribution < -0.4 is 24.3 Å². The Hall–Kier alpha value is -4.27. The Balaban J connectivity index is 1.29. The minimum absolute atomic E-state index is 0.182. The number of methoxy groups -OCH3 is 1. The summed E-state index contributed by atoms with van der Waals surface area (Å²) in [5.41, 5.74) is 2.90. The van der Waals surface area contributed by atoms with Crippen molar-refractivity contribution in [2.24, 2.45) is 0 Å². The molecule has 0 saturated heterocycles. The molecule has 9 nitrogen and oxygen atoms in total. The van der Waals surface area contributed by atoms with Gasteiger partial charge in [0.2, 0.25) is 12.7 Å². The smallest absolute Gasteiger partial charge is 0.265 e. The topological polar surface area (TPSA) is 96.2 Å². The van der Waals surface area contributed by atoms with E-state index in [0.717, 1.165) is 11.3 Å². The second-order valence-corrected chi connectivity index (χ2v) is 7.15. The lowest BCUT2D eigenvalue weighted by atomic mass is 10.1. The first-order chi connectivity index (χ1) is 15.6. The third-order valence-corrected chi connectivity index (χ3v) is 4.96. The third-order valence-electron chi connectivity index (χ3n) is 4.96. The van der Waals surface area contributed by atoms with E-state index in [2.05, 4.69) is 15.4 Å². The zero-order valence-electron chi connectivity index (χ0n) is 17.4. The molecule has 3 heterocycles. The molecule has 0 fully saturated rings. The van der Waals surface area contributed by atoms with Crippen LogP contribution in [0.1, 0.15) is 6.92 Å². The molecule has 0 radical (unpaired) electrons. The number of hydrogen-bond donors (Lipinski definition) is 1. The van der Waals surface area contributed by atoms with Gasteiger partial charge in [0.25, 0.3) is 5.91 Å². The minimum atomic E-state index is -0.717. The van der Waals surface area contributed by atoms with Crippen molar-refractivity contribution in [1.29, 1.82) is 0 Å².